The lowest BCUT2D eigenvalue weighted by Gasteiger charge is -2.10. The smallest absolute Gasteiger partial charge is 0.148 e. The number of carbonyl (C=O) groups excluding carboxylic acids is 1. The van der Waals surface area contributed by atoms with Crippen molar-refractivity contribution >= 4 is 21.7 Å². The van der Waals surface area contributed by atoms with Crippen molar-refractivity contribution in [2.75, 3.05) is 6.61 Å². The van der Waals surface area contributed by atoms with Gasteiger partial charge < -0.3 is 4.74 Å². The lowest BCUT2D eigenvalue weighted by molar-refractivity contribution is -0.119. The van der Waals surface area contributed by atoms with Gasteiger partial charge in [-0.2, -0.15) is 0 Å². The first-order chi connectivity index (χ1) is 5.07. The molecule has 66 valence electrons. The molecule has 0 aromatic carbocycles. The highest BCUT2D eigenvalue weighted by Crippen LogP contribution is 2.05. The van der Waals surface area contributed by atoms with E-state index >= 15 is 0 Å². The van der Waals surface area contributed by atoms with Gasteiger partial charge in [-0.25, -0.2) is 0 Å². The molecule has 2 nitrogen and oxygen atoms in total. The predicted octanol–water partition coefficient (Wildman–Crippen LogP) is 2.15. The Hall–Kier alpha value is 0.110. The van der Waals surface area contributed by atoms with E-state index in [1.54, 1.807) is 0 Å². The van der Waals surface area contributed by atoms with Gasteiger partial charge in [-0.1, -0.05) is 22.9 Å². The van der Waals surface area contributed by atoms with Crippen molar-refractivity contribution in [1.82, 2.24) is 0 Å². The molecule has 11 heavy (non-hydrogen) atoms. The summed E-state index contributed by atoms with van der Waals surface area (Å²) in [6.07, 6.45) is 0.761. The van der Waals surface area contributed by atoms with Gasteiger partial charge in [0.1, 0.15) is 5.78 Å². The minimum absolute atomic E-state index is 0.130. The van der Waals surface area contributed by atoms with Crippen molar-refractivity contribution in [3.8, 4) is 0 Å². The first-order valence-electron chi connectivity index (χ1n) is 3.86. The van der Waals surface area contributed by atoms with E-state index in [-0.39, 0.29) is 16.7 Å². The molecule has 0 fully saturated rings. The molecule has 0 saturated heterocycles. The Morgan fingerprint density at radius 1 is 1.55 bits per heavy atom. The Kier molecular flexibility index (Phi) is 5.78. The molecule has 0 radical (unpaired) electrons. The summed E-state index contributed by atoms with van der Waals surface area (Å²) >= 11 is 3.26. The molecule has 0 bridgehead atoms. The van der Waals surface area contributed by atoms with Crippen molar-refractivity contribution in [2.24, 2.45) is 0 Å². The Morgan fingerprint density at radius 3 is 2.45 bits per heavy atom. The van der Waals surface area contributed by atoms with Crippen LogP contribution in [-0.2, 0) is 9.53 Å². The van der Waals surface area contributed by atoms with Crippen molar-refractivity contribution in [2.45, 2.75) is 38.1 Å². The Balaban J connectivity index is 3.52. The molecule has 0 heterocycles. The topological polar surface area (TPSA) is 26.3 Å². The van der Waals surface area contributed by atoms with Gasteiger partial charge in [0, 0.05) is 6.42 Å². The van der Waals surface area contributed by atoms with Crippen LogP contribution in [0, 0.1) is 0 Å². The van der Waals surface area contributed by atoms with Crippen LogP contribution in [0.4, 0.5) is 0 Å². The third kappa shape index (κ3) is 5.39. The predicted molar refractivity (Wildman–Crippen MR) is 49.1 cm³/mol. The highest BCUT2D eigenvalue weighted by Gasteiger charge is 2.12. The largest absolute Gasteiger partial charge is 0.377 e. The molecule has 0 aliphatic heterocycles. The lowest BCUT2D eigenvalue weighted by atomic mass is 10.2. The Bertz CT molecular complexity index is 123. The van der Waals surface area contributed by atoms with E-state index in [4.69, 9.17) is 4.74 Å². The number of halogens is 1. The monoisotopic (exact) mass is 222 g/mol. The number of Topliss-reactive ketones (excluding diaryl/α,β-unsaturated/α-hetero) is 1. The fraction of sp³-hybridized carbons (Fsp3) is 0.875. The van der Waals surface area contributed by atoms with Gasteiger partial charge in [0.25, 0.3) is 0 Å². The van der Waals surface area contributed by atoms with E-state index in [1.165, 1.54) is 0 Å². The molecule has 0 aromatic heterocycles. The fourth-order valence-electron chi connectivity index (χ4n) is 0.591. The minimum atomic E-state index is -0.130. The normalized spacial score (nSPS) is 13.5. The van der Waals surface area contributed by atoms with Crippen molar-refractivity contribution in [3.05, 3.63) is 0 Å². The molecule has 0 aliphatic carbocycles. The second-order valence-electron chi connectivity index (χ2n) is 2.67. The van der Waals surface area contributed by atoms with E-state index in [2.05, 4.69) is 15.9 Å². The molecule has 0 N–H and O–H groups in total. The zero-order valence-corrected chi connectivity index (χ0v) is 8.85. The van der Waals surface area contributed by atoms with Crippen LogP contribution in [0.5, 0.6) is 0 Å². The average molecular weight is 223 g/mol. The lowest BCUT2D eigenvalue weighted by Crippen LogP contribution is -2.21. The molecular formula is C8H15BrO2. The van der Waals surface area contributed by atoms with Gasteiger partial charge in [-0.05, 0) is 13.8 Å². The van der Waals surface area contributed by atoms with Gasteiger partial charge in [0.2, 0.25) is 0 Å². The van der Waals surface area contributed by atoms with Gasteiger partial charge >= 0.3 is 0 Å². The molecule has 1 atom stereocenters. The SMILES string of the molecule is CCC(=O)C(Br)COC(C)C. The number of carbonyl (C=O) groups is 1. The summed E-state index contributed by atoms with van der Waals surface area (Å²) in [7, 11) is 0. The van der Waals surface area contributed by atoms with Gasteiger partial charge in [-0.3, -0.25) is 4.79 Å². The van der Waals surface area contributed by atoms with E-state index in [1.807, 2.05) is 20.8 Å². The molecule has 0 amide bonds. The quantitative estimate of drug-likeness (QED) is 0.667. The van der Waals surface area contributed by atoms with Crippen molar-refractivity contribution < 1.29 is 9.53 Å². The molecule has 1 unspecified atom stereocenters. The van der Waals surface area contributed by atoms with Crippen LogP contribution < -0.4 is 0 Å². The molecule has 3 heteroatoms. The maximum absolute atomic E-state index is 11.0. The average Bonchev–Trinajstić information content (AvgIpc) is 1.98. The van der Waals surface area contributed by atoms with E-state index in [0.29, 0.717) is 13.0 Å². The van der Waals surface area contributed by atoms with Crippen LogP contribution in [0.15, 0.2) is 0 Å². The summed E-state index contributed by atoms with van der Waals surface area (Å²) < 4.78 is 5.26. The summed E-state index contributed by atoms with van der Waals surface area (Å²) in [6, 6.07) is 0. The molecule has 0 aliphatic rings. The maximum atomic E-state index is 11.0. The summed E-state index contributed by atoms with van der Waals surface area (Å²) in [6.45, 7) is 6.24. The van der Waals surface area contributed by atoms with E-state index in [0.717, 1.165) is 0 Å². The standard InChI is InChI=1S/C8H15BrO2/c1-4-8(10)7(9)5-11-6(2)3/h6-7H,4-5H2,1-3H3. The van der Waals surface area contributed by atoms with Gasteiger partial charge in [-0.15, -0.1) is 0 Å². The second kappa shape index (κ2) is 5.72. The first kappa shape index (κ1) is 11.1. The van der Waals surface area contributed by atoms with E-state index < -0.39 is 0 Å². The number of ketones is 1. The molecule has 0 saturated carbocycles. The van der Waals surface area contributed by atoms with Crippen molar-refractivity contribution in [1.29, 1.82) is 0 Å². The summed E-state index contributed by atoms with van der Waals surface area (Å²) in [5, 5.41) is 0. The van der Waals surface area contributed by atoms with Crippen molar-refractivity contribution in [3.63, 3.8) is 0 Å². The zero-order chi connectivity index (χ0) is 8.85. The minimum Gasteiger partial charge on any atom is -0.377 e. The number of ether oxygens (including phenoxy) is 1. The number of hydrogen-bond acceptors (Lipinski definition) is 2. The van der Waals surface area contributed by atoms with Crippen LogP contribution in [0.25, 0.3) is 0 Å². The molecule has 0 rings (SSSR count). The maximum Gasteiger partial charge on any atom is 0.148 e. The van der Waals surface area contributed by atoms with Crippen LogP contribution in [0.3, 0.4) is 0 Å². The fourth-order valence-corrected chi connectivity index (χ4v) is 1.07. The van der Waals surface area contributed by atoms with Crippen LogP contribution in [0.2, 0.25) is 0 Å². The number of alkyl halides is 1. The molecule has 0 spiro atoms. The summed E-state index contributed by atoms with van der Waals surface area (Å²) in [5.41, 5.74) is 0. The number of rotatable bonds is 5. The van der Waals surface area contributed by atoms with Gasteiger partial charge in [0.05, 0.1) is 17.5 Å². The first-order valence-corrected chi connectivity index (χ1v) is 4.77. The highest BCUT2D eigenvalue weighted by atomic mass is 79.9. The Labute approximate surface area is 76.4 Å². The third-order valence-corrected chi connectivity index (χ3v) is 2.05. The number of hydrogen-bond donors (Lipinski definition) is 0. The highest BCUT2D eigenvalue weighted by molar-refractivity contribution is 9.10. The summed E-state index contributed by atoms with van der Waals surface area (Å²) in [4.78, 5) is 10.9. The summed E-state index contributed by atoms with van der Waals surface area (Å²) in [5.74, 6) is 0.200. The van der Waals surface area contributed by atoms with Gasteiger partial charge in [0.15, 0.2) is 0 Å². The Morgan fingerprint density at radius 2 is 2.09 bits per heavy atom. The zero-order valence-electron chi connectivity index (χ0n) is 7.26. The van der Waals surface area contributed by atoms with Crippen LogP contribution in [-0.4, -0.2) is 23.3 Å². The second-order valence-corrected chi connectivity index (χ2v) is 3.77. The molecular weight excluding hydrogens is 208 g/mol. The van der Waals surface area contributed by atoms with Crippen LogP contribution in [0.1, 0.15) is 27.2 Å². The molecule has 0 aromatic rings. The third-order valence-electron chi connectivity index (χ3n) is 1.27. The van der Waals surface area contributed by atoms with Crippen LogP contribution >= 0.6 is 15.9 Å². The van der Waals surface area contributed by atoms with E-state index in [9.17, 15) is 4.79 Å².